The molecule has 6 saturated heterocycles. The van der Waals surface area contributed by atoms with Gasteiger partial charge in [-0.15, -0.1) is 0 Å². The number of likely N-dealkylation sites (tertiary alicyclic amines) is 2. The Morgan fingerprint density at radius 2 is 0.884 bits per heavy atom. The van der Waals surface area contributed by atoms with Crippen LogP contribution in [0.5, 0.6) is 0 Å². The molecule has 0 saturated carbocycles. The van der Waals surface area contributed by atoms with Gasteiger partial charge in [-0.25, -0.2) is 0 Å². The van der Waals surface area contributed by atoms with Crippen LogP contribution in [0.1, 0.15) is 219 Å². The van der Waals surface area contributed by atoms with Crippen LogP contribution < -0.4 is 0 Å². The molecule has 11 nitrogen and oxygen atoms in total. The van der Waals surface area contributed by atoms with Gasteiger partial charge in [-0.05, 0) is 141 Å². The largest absolute Gasteiger partial charge is 0.378 e. The number of ketones is 2. The van der Waals surface area contributed by atoms with E-state index in [0.29, 0.717) is 38.8 Å². The topological polar surface area (TPSA) is 121 Å². The molecule has 0 aromatic heterocycles. The maximum absolute atomic E-state index is 13.3. The minimum Gasteiger partial charge on any atom is -0.378 e. The third-order valence-corrected chi connectivity index (χ3v) is 16.4. The zero-order chi connectivity index (χ0) is 48.5. The molecule has 11 heteroatoms. The second-order valence-corrected chi connectivity index (χ2v) is 21.8. The lowest BCUT2D eigenvalue weighted by molar-refractivity contribution is -0.163. The van der Waals surface area contributed by atoms with Gasteiger partial charge in [0, 0.05) is 77.0 Å². The van der Waals surface area contributed by atoms with Crippen molar-refractivity contribution in [3.05, 3.63) is 24.3 Å². The number of rotatable bonds is 32. The summed E-state index contributed by atoms with van der Waals surface area (Å²) in [6.45, 7) is 8.84. The third kappa shape index (κ3) is 19.2. The Morgan fingerprint density at radius 3 is 1.25 bits per heavy atom. The van der Waals surface area contributed by atoms with E-state index < -0.39 is 0 Å². The Bertz CT molecular complexity index is 1430. The predicted molar refractivity (Wildman–Crippen MR) is 273 cm³/mol. The number of nitrogens with zero attached hydrogens (tertiary/aromatic N) is 2. The number of carbonyl (C=O) groups is 4. The fourth-order valence-corrected chi connectivity index (χ4v) is 12.2. The van der Waals surface area contributed by atoms with Crippen LogP contribution in [0.25, 0.3) is 0 Å². The van der Waals surface area contributed by atoms with Crippen LogP contribution in [0.3, 0.4) is 0 Å². The van der Waals surface area contributed by atoms with Crippen LogP contribution in [0.2, 0.25) is 0 Å². The number of unbranched alkanes of at least 4 members (excludes halogenated alkanes) is 6. The summed E-state index contributed by atoms with van der Waals surface area (Å²) in [5.74, 6) is 1.26. The molecule has 0 N–H and O–H groups in total. The fraction of sp³-hybridized carbons (Fsp3) is 0.862. The summed E-state index contributed by atoms with van der Waals surface area (Å²) in [4.78, 5) is 56.1. The lowest BCUT2D eigenvalue weighted by atomic mass is 9.89. The van der Waals surface area contributed by atoms with E-state index in [0.717, 1.165) is 206 Å². The first-order chi connectivity index (χ1) is 33.8. The van der Waals surface area contributed by atoms with Gasteiger partial charge in [-0.1, -0.05) is 77.4 Å². The monoisotopic (exact) mass is 965 g/mol. The van der Waals surface area contributed by atoms with Crippen molar-refractivity contribution >= 4 is 23.4 Å². The highest BCUT2D eigenvalue weighted by atomic mass is 16.6. The van der Waals surface area contributed by atoms with Gasteiger partial charge in [0.05, 0.1) is 48.7 Å². The highest BCUT2D eigenvalue weighted by molar-refractivity contribution is 5.90. The van der Waals surface area contributed by atoms with Gasteiger partial charge in [0.1, 0.15) is 0 Å². The maximum atomic E-state index is 13.3. The molecular formula is C58H96N2O9. The molecule has 6 aliphatic rings. The van der Waals surface area contributed by atoms with E-state index in [-0.39, 0.29) is 83.9 Å². The summed E-state index contributed by atoms with van der Waals surface area (Å²) < 4.78 is 33.2. The van der Waals surface area contributed by atoms with Crippen LogP contribution in [-0.4, -0.2) is 121 Å². The normalized spacial score (nSPS) is 27.9. The van der Waals surface area contributed by atoms with E-state index in [1.807, 2.05) is 12.2 Å². The standard InChI is InChI=1S/C58H96N2O9/c1-3-5-7-23-49(61)35-31-47-33-37-57(63)59(47)43-45(51-25-13-17-39-65-51)21-9-11-29-55(53-27-15-19-41-67-53)69-56(54-28-16-20-42-68-54)30-12-10-22-46(52-26-14-18-40-66-52)44-60-48(34-38-58(60)64)32-36-50(62)24-8-6-4-2/h31-32,35-36,45-48,51-56H,3-30,33-34,37-44H2,1-2H3. The summed E-state index contributed by atoms with van der Waals surface area (Å²) in [5.41, 5.74) is 0. The van der Waals surface area contributed by atoms with Gasteiger partial charge in [0.15, 0.2) is 11.6 Å². The number of amides is 2. The van der Waals surface area contributed by atoms with Crippen LogP contribution in [0.15, 0.2) is 24.3 Å². The number of allylic oxidation sites excluding steroid dienone is 2. The summed E-state index contributed by atoms with van der Waals surface area (Å²) >= 11 is 0. The van der Waals surface area contributed by atoms with E-state index in [1.165, 1.54) is 0 Å². The van der Waals surface area contributed by atoms with Crippen molar-refractivity contribution in [3.63, 3.8) is 0 Å². The molecular weight excluding hydrogens is 869 g/mol. The minimum absolute atomic E-state index is 0.00262. The molecule has 6 aliphatic heterocycles. The molecule has 10 atom stereocenters. The highest BCUT2D eigenvalue weighted by Gasteiger charge is 2.37. The molecule has 392 valence electrons. The number of ether oxygens (including phenoxy) is 5. The molecule has 69 heavy (non-hydrogen) atoms. The number of carbonyl (C=O) groups excluding carboxylic acids is 4. The first-order valence-electron chi connectivity index (χ1n) is 29.0. The molecule has 10 unspecified atom stereocenters. The Kier molecular flexibility index (Phi) is 25.8. The van der Waals surface area contributed by atoms with Gasteiger partial charge in [-0.3, -0.25) is 19.2 Å². The zero-order valence-corrected chi connectivity index (χ0v) is 43.5. The number of hydrogen-bond acceptors (Lipinski definition) is 9. The smallest absolute Gasteiger partial charge is 0.223 e. The molecule has 0 radical (unpaired) electrons. The van der Waals surface area contributed by atoms with Gasteiger partial charge in [0.25, 0.3) is 0 Å². The van der Waals surface area contributed by atoms with Crippen LogP contribution in [0.4, 0.5) is 0 Å². The average molecular weight is 965 g/mol. The molecule has 6 heterocycles. The van der Waals surface area contributed by atoms with Crippen LogP contribution in [0, 0.1) is 11.8 Å². The zero-order valence-electron chi connectivity index (χ0n) is 43.5. The molecule has 0 aromatic carbocycles. The predicted octanol–water partition coefficient (Wildman–Crippen LogP) is 11.8. The molecule has 6 fully saturated rings. The lowest BCUT2D eigenvalue weighted by Gasteiger charge is -2.38. The summed E-state index contributed by atoms with van der Waals surface area (Å²) in [6, 6.07) is -0.0330. The Labute approximate surface area is 418 Å². The fourth-order valence-electron chi connectivity index (χ4n) is 12.2. The second-order valence-electron chi connectivity index (χ2n) is 21.8. The minimum atomic E-state index is -0.0165. The maximum Gasteiger partial charge on any atom is 0.223 e. The van der Waals surface area contributed by atoms with Gasteiger partial charge in [0.2, 0.25) is 11.8 Å². The van der Waals surface area contributed by atoms with Crippen LogP contribution in [-0.2, 0) is 42.9 Å². The summed E-state index contributed by atoms with van der Waals surface area (Å²) in [6.07, 6.45) is 39.1. The van der Waals surface area contributed by atoms with Crippen molar-refractivity contribution < 1.29 is 42.9 Å². The van der Waals surface area contributed by atoms with Crippen molar-refractivity contribution in [1.82, 2.24) is 9.80 Å². The second kappa shape index (κ2) is 31.9. The van der Waals surface area contributed by atoms with Crippen molar-refractivity contribution in [2.45, 2.75) is 268 Å². The molecule has 2 amide bonds. The van der Waals surface area contributed by atoms with E-state index in [1.54, 1.807) is 12.2 Å². The van der Waals surface area contributed by atoms with E-state index in [9.17, 15) is 19.2 Å². The summed E-state index contributed by atoms with van der Waals surface area (Å²) in [5, 5.41) is 0. The molecule has 0 aliphatic carbocycles. The molecule has 0 spiro atoms. The average Bonchev–Trinajstić information content (AvgIpc) is 3.92. The Balaban J connectivity index is 1.06. The lowest BCUT2D eigenvalue weighted by Crippen LogP contribution is -2.43. The third-order valence-electron chi connectivity index (χ3n) is 16.4. The first-order valence-corrected chi connectivity index (χ1v) is 29.0. The van der Waals surface area contributed by atoms with Crippen molar-refractivity contribution in [3.8, 4) is 0 Å². The van der Waals surface area contributed by atoms with Gasteiger partial charge < -0.3 is 33.5 Å². The van der Waals surface area contributed by atoms with Gasteiger partial charge >= 0.3 is 0 Å². The van der Waals surface area contributed by atoms with Crippen molar-refractivity contribution in [1.29, 1.82) is 0 Å². The molecule has 6 rings (SSSR count). The first kappa shape index (κ1) is 55.9. The van der Waals surface area contributed by atoms with E-state index in [4.69, 9.17) is 23.7 Å². The quantitative estimate of drug-likeness (QED) is 0.0479. The molecule has 0 aromatic rings. The summed E-state index contributed by atoms with van der Waals surface area (Å²) in [7, 11) is 0. The molecule has 0 bridgehead atoms. The van der Waals surface area contributed by atoms with Crippen molar-refractivity contribution in [2.24, 2.45) is 11.8 Å². The highest BCUT2D eigenvalue weighted by Crippen LogP contribution is 2.34. The Morgan fingerprint density at radius 1 is 0.507 bits per heavy atom. The van der Waals surface area contributed by atoms with Crippen molar-refractivity contribution in [2.75, 3.05) is 39.5 Å². The van der Waals surface area contributed by atoms with E-state index in [2.05, 4.69) is 23.6 Å². The van der Waals surface area contributed by atoms with Gasteiger partial charge in [-0.2, -0.15) is 0 Å². The van der Waals surface area contributed by atoms with Crippen LogP contribution >= 0.6 is 0 Å². The Hall–Kier alpha value is -2.44. The number of hydrogen-bond donors (Lipinski definition) is 0. The van der Waals surface area contributed by atoms with E-state index >= 15 is 0 Å². The SMILES string of the molecule is CCCCCC(=O)C=CC1CCC(=O)N1CC(CCCCC(OC(CCCCC(CN1C(=O)CCC1C=CC(=O)CCCCC)C1CCCCO1)C1CCCCO1)C1CCCCO1)C1CCCCO1.